The van der Waals surface area contributed by atoms with Gasteiger partial charge in [0.05, 0.1) is 19.6 Å². The van der Waals surface area contributed by atoms with Crippen LogP contribution in [0.15, 0.2) is 24.3 Å². The summed E-state index contributed by atoms with van der Waals surface area (Å²) >= 11 is 0. The first-order valence-corrected chi connectivity index (χ1v) is 7.05. The highest BCUT2D eigenvalue weighted by molar-refractivity contribution is 5.79. The smallest absolute Gasteiger partial charge is 0.224 e. The summed E-state index contributed by atoms with van der Waals surface area (Å²) in [7, 11) is 1.63. The first kappa shape index (κ1) is 14.7. The summed E-state index contributed by atoms with van der Waals surface area (Å²) in [5, 5.41) is 6.14. The lowest BCUT2D eigenvalue weighted by Crippen LogP contribution is -2.33. The van der Waals surface area contributed by atoms with Gasteiger partial charge in [-0.3, -0.25) is 4.79 Å². The van der Waals surface area contributed by atoms with E-state index in [-0.39, 0.29) is 11.8 Å². The molecule has 0 aromatic heterocycles. The van der Waals surface area contributed by atoms with Crippen LogP contribution in [-0.4, -0.2) is 39.3 Å². The molecular weight excluding hydrogens is 256 g/mol. The van der Waals surface area contributed by atoms with Gasteiger partial charge in [0.25, 0.3) is 0 Å². The van der Waals surface area contributed by atoms with E-state index in [9.17, 15) is 4.79 Å². The third-order valence-electron chi connectivity index (χ3n) is 3.36. The molecule has 1 fully saturated rings. The van der Waals surface area contributed by atoms with Crippen LogP contribution < -0.4 is 20.1 Å². The Balaban J connectivity index is 1.60. The van der Waals surface area contributed by atoms with E-state index in [4.69, 9.17) is 9.47 Å². The van der Waals surface area contributed by atoms with Crippen molar-refractivity contribution in [3.63, 3.8) is 0 Å². The molecule has 1 aromatic rings. The van der Waals surface area contributed by atoms with E-state index >= 15 is 0 Å². The Morgan fingerprint density at radius 1 is 1.45 bits per heavy atom. The van der Waals surface area contributed by atoms with Crippen LogP contribution in [0.25, 0.3) is 0 Å². The molecule has 0 saturated carbocycles. The maximum atomic E-state index is 11.8. The Morgan fingerprint density at radius 3 is 3.05 bits per heavy atom. The molecule has 0 radical (unpaired) electrons. The zero-order chi connectivity index (χ0) is 14.2. The molecule has 1 amide bonds. The highest BCUT2D eigenvalue weighted by atomic mass is 16.5. The average molecular weight is 278 g/mol. The molecule has 1 unspecified atom stereocenters. The van der Waals surface area contributed by atoms with Gasteiger partial charge < -0.3 is 20.1 Å². The van der Waals surface area contributed by atoms with Crippen LogP contribution >= 0.6 is 0 Å². The molecule has 1 saturated heterocycles. The minimum Gasteiger partial charge on any atom is -0.497 e. The van der Waals surface area contributed by atoms with E-state index in [0.29, 0.717) is 13.2 Å². The van der Waals surface area contributed by atoms with Crippen molar-refractivity contribution in [3.05, 3.63) is 24.3 Å². The molecule has 0 aliphatic carbocycles. The van der Waals surface area contributed by atoms with Gasteiger partial charge >= 0.3 is 0 Å². The summed E-state index contributed by atoms with van der Waals surface area (Å²) in [6.07, 6.45) is 1.73. The molecule has 1 atom stereocenters. The summed E-state index contributed by atoms with van der Waals surface area (Å²) in [6.45, 7) is 2.97. The van der Waals surface area contributed by atoms with Crippen molar-refractivity contribution in [2.45, 2.75) is 12.8 Å². The minimum absolute atomic E-state index is 0.134. The highest BCUT2D eigenvalue weighted by Gasteiger charge is 2.21. The Hall–Kier alpha value is -1.75. The lowest BCUT2D eigenvalue weighted by Gasteiger charge is -2.10. The molecule has 1 aromatic carbocycles. The fraction of sp³-hybridized carbons (Fsp3) is 0.533. The molecule has 1 aliphatic rings. The fourth-order valence-corrected chi connectivity index (χ4v) is 2.19. The van der Waals surface area contributed by atoms with Crippen molar-refractivity contribution in [1.29, 1.82) is 0 Å². The van der Waals surface area contributed by atoms with Crippen molar-refractivity contribution >= 4 is 5.91 Å². The van der Waals surface area contributed by atoms with Gasteiger partial charge in [0.15, 0.2) is 0 Å². The number of benzene rings is 1. The van der Waals surface area contributed by atoms with Gasteiger partial charge in [-0.2, -0.15) is 0 Å². The molecule has 0 bridgehead atoms. The Bertz CT molecular complexity index is 431. The summed E-state index contributed by atoms with van der Waals surface area (Å²) in [4.78, 5) is 11.8. The Kier molecular flexibility index (Phi) is 5.68. The van der Waals surface area contributed by atoms with Crippen molar-refractivity contribution < 1.29 is 14.3 Å². The van der Waals surface area contributed by atoms with E-state index < -0.39 is 0 Å². The fourth-order valence-electron chi connectivity index (χ4n) is 2.19. The van der Waals surface area contributed by atoms with Crippen molar-refractivity contribution in [2.75, 3.05) is 33.4 Å². The number of methoxy groups -OCH3 is 1. The van der Waals surface area contributed by atoms with Gasteiger partial charge in [0.1, 0.15) is 11.5 Å². The molecule has 2 N–H and O–H groups in total. The second kappa shape index (κ2) is 7.75. The largest absolute Gasteiger partial charge is 0.497 e. The molecule has 20 heavy (non-hydrogen) atoms. The van der Waals surface area contributed by atoms with Crippen molar-refractivity contribution in [1.82, 2.24) is 10.6 Å². The number of amides is 1. The second-order valence-electron chi connectivity index (χ2n) is 4.86. The summed E-state index contributed by atoms with van der Waals surface area (Å²) in [5.74, 6) is 1.85. The van der Waals surface area contributed by atoms with Gasteiger partial charge in [-0.05, 0) is 31.5 Å². The third kappa shape index (κ3) is 4.42. The maximum absolute atomic E-state index is 11.8. The standard InChI is InChI=1S/C15H22N2O3/c1-19-13-4-2-5-14(10-13)20-9-3-7-17-15(18)12-6-8-16-11-12/h2,4-5,10,12,16H,3,6-9,11H2,1H3,(H,17,18). The van der Waals surface area contributed by atoms with Crippen LogP contribution in [0.3, 0.4) is 0 Å². The van der Waals surface area contributed by atoms with Gasteiger partial charge in [-0.1, -0.05) is 6.07 Å². The first-order valence-electron chi connectivity index (χ1n) is 7.05. The maximum Gasteiger partial charge on any atom is 0.224 e. The van der Waals surface area contributed by atoms with Crippen LogP contribution in [0.4, 0.5) is 0 Å². The quantitative estimate of drug-likeness (QED) is 0.736. The predicted molar refractivity (Wildman–Crippen MR) is 77.1 cm³/mol. The monoisotopic (exact) mass is 278 g/mol. The summed E-state index contributed by atoms with van der Waals surface area (Å²) in [6, 6.07) is 7.51. The normalized spacial score (nSPS) is 17.8. The summed E-state index contributed by atoms with van der Waals surface area (Å²) in [5.41, 5.74) is 0. The van der Waals surface area contributed by atoms with Crippen LogP contribution in [0.2, 0.25) is 0 Å². The molecule has 110 valence electrons. The second-order valence-corrected chi connectivity index (χ2v) is 4.86. The van der Waals surface area contributed by atoms with E-state index in [1.165, 1.54) is 0 Å². The van der Waals surface area contributed by atoms with E-state index in [2.05, 4.69) is 10.6 Å². The average Bonchev–Trinajstić information content (AvgIpc) is 3.01. The number of nitrogens with one attached hydrogen (secondary N) is 2. The number of carbonyl (C=O) groups is 1. The van der Waals surface area contributed by atoms with E-state index in [1.807, 2.05) is 24.3 Å². The number of rotatable bonds is 7. The van der Waals surface area contributed by atoms with Gasteiger partial charge in [0.2, 0.25) is 5.91 Å². The van der Waals surface area contributed by atoms with Crippen LogP contribution in [-0.2, 0) is 4.79 Å². The molecule has 5 nitrogen and oxygen atoms in total. The van der Waals surface area contributed by atoms with Gasteiger partial charge in [0, 0.05) is 19.2 Å². The van der Waals surface area contributed by atoms with Gasteiger partial charge in [-0.15, -0.1) is 0 Å². The Labute approximate surface area is 119 Å². The lowest BCUT2D eigenvalue weighted by atomic mass is 10.1. The predicted octanol–water partition coefficient (Wildman–Crippen LogP) is 1.19. The number of hydrogen-bond acceptors (Lipinski definition) is 4. The molecule has 1 heterocycles. The molecule has 2 rings (SSSR count). The number of hydrogen-bond donors (Lipinski definition) is 2. The molecular formula is C15H22N2O3. The van der Waals surface area contributed by atoms with Crippen LogP contribution in [0.5, 0.6) is 11.5 Å². The Morgan fingerprint density at radius 2 is 2.30 bits per heavy atom. The van der Waals surface area contributed by atoms with Crippen molar-refractivity contribution in [2.24, 2.45) is 5.92 Å². The molecule has 1 aliphatic heterocycles. The molecule has 0 spiro atoms. The van der Waals surface area contributed by atoms with Crippen LogP contribution in [0, 0.1) is 5.92 Å². The highest BCUT2D eigenvalue weighted by Crippen LogP contribution is 2.18. The molecule has 5 heteroatoms. The zero-order valence-electron chi connectivity index (χ0n) is 11.9. The zero-order valence-corrected chi connectivity index (χ0v) is 11.9. The summed E-state index contributed by atoms with van der Waals surface area (Å²) < 4.78 is 10.7. The van der Waals surface area contributed by atoms with Crippen molar-refractivity contribution in [3.8, 4) is 11.5 Å². The van der Waals surface area contributed by atoms with Crippen LogP contribution in [0.1, 0.15) is 12.8 Å². The van der Waals surface area contributed by atoms with E-state index in [1.54, 1.807) is 7.11 Å². The number of ether oxygens (including phenoxy) is 2. The van der Waals surface area contributed by atoms with E-state index in [0.717, 1.165) is 37.4 Å². The number of carbonyl (C=O) groups excluding carboxylic acids is 1. The third-order valence-corrected chi connectivity index (χ3v) is 3.36. The lowest BCUT2D eigenvalue weighted by molar-refractivity contribution is -0.124. The minimum atomic E-state index is 0.134. The SMILES string of the molecule is COc1cccc(OCCCNC(=O)C2CCNC2)c1. The van der Waals surface area contributed by atoms with Gasteiger partial charge in [-0.25, -0.2) is 0 Å². The first-order chi connectivity index (χ1) is 9.79. The topological polar surface area (TPSA) is 59.6 Å².